The molecule has 6 heteroatoms. The molecule has 0 aliphatic carbocycles. The number of benzene rings is 1. The maximum atomic E-state index is 12.4. The van der Waals surface area contributed by atoms with Gasteiger partial charge in [-0.05, 0) is 57.1 Å². The van der Waals surface area contributed by atoms with Crippen molar-refractivity contribution in [3.8, 4) is 5.69 Å². The highest BCUT2D eigenvalue weighted by atomic mass is 79.9. The summed E-state index contributed by atoms with van der Waals surface area (Å²) >= 11 is 3.42. The molecule has 1 fully saturated rings. The van der Waals surface area contributed by atoms with Gasteiger partial charge >= 0.3 is 0 Å². The van der Waals surface area contributed by atoms with Gasteiger partial charge in [0, 0.05) is 23.3 Å². The molecule has 0 saturated carbocycles. The maximum absolute atomic E-state index is 12.4. The van der Waals surface area contributed by atoms with E-state index in [1.807, 2.05) is 24.3 Å². The molecule has 1 aromatic carbocycles. The Bertz CT molecular complexity index is 677. The fraction of sp³-hybridized carbons (Fsp3) is 0.444. The summed E-state index contributed by atoms with van der Waals surface area (Å²) in [6, 6.07) is 7.95. The van der Waals surface area contributed by atoms with Crippen LogP contribution in [0, 0.1) is 0 Å². The van der Waals surface area contributed by atoms with Crippen LogP contribution in [-0.4, -0.2) is 46.3 Å². The first-order valence-corrected chi connectivity index (χ1v) is 9.25. The van der Waals surface area contributed by atoms with Crippen LogP contribution in [0.1, 0.15) is 36.5 Å². The molecule has 0 bridgehead atoms. The molecule has 24 heavy (non-hydrogen) atoms. The lowest BCUT2D eigenvalue weighted by Crippen LogP contribution is -2.43. The van der Waals surface area contributed by atoms with Crippen LogP contribution in [-0.2, 0) is 0 Å². The summed E-state index contributed by atoms with van der Waals surface area (Å²) in [6.45, 7) is 5.25. The van der Waals surface area contributed by atoms with Crippen LogP contribution < -0.4 is 5.32 Å². The van der Waals surface area contributed by atoms with Crippen molar-refractivity contribution in [2.45, 2.75) is 32.2 Å². The normalized spacial score (nSPS) is 16.8. The summed E-state index contributed by atoms with van der Waals surface area (Å²) in [7, 11) is 0. The predicted molar refractivity (Wildman–Crippen MR) is 98.5 cm³/mol. The molecule has 2 heterocycles. The number of hydrogen-bond acceptors (Lipinski definition) is 3. The highest BCUT2D eigenvalue weighted by Gasteiger charge is 2.16. The molecule has 1 atom stereocenters. The van der Waals surface area contributed by atoms with Gasteiger partial charge in [0.05, 0.1) is 17.4 Å². The molecule has 1 saturated heterocycles. The number of hydrogen-bond donors (Lipinski definition) is 1. The largest absolute Gasteiger partial charge is 0.348 e. The zero-order valence-electron chi connectivity index (χ0n) is 13.9. The Hall–Kier alpha value is -1.66. The fourth-order valence-corrected chi connectivity index (χ4v) is 3.32. The third kappa shape index (κ3) is 4.45. The van der Waals surface area contributed by atoms with Gasteiger partial charge in [-0.1, -0.05) is 22.4 Å². The Labute approximate surface area is 151 Å². The Balaban J connectivity index is 1.58. The van der Waals surface area contributed by atoms with Gasteiger partial charge in [0.25, 0.3) is 5.91 Å². The lowest BCUT2D eigenvalue weighted by atomic mass is 10.1. The number of carbonyl (C=O) groups excluding carboxylic acids is 1. The quantitative estimate of drug-likeness (QED) is 0.852. The number of amides is 1. The predicted octanol–water partition coefficient (Wildman–Crippen LogP) is 3.24. The van der Waals surface area contributed by atoms with Gasteiger partial charge in [-0.2, -0.15) is 5.10 Å². The lowest BCUT2D eigenvalue weighted by Gasteiger charge is -2.29. The molecule has 128 valence electrons. The van der Waals surface area contributed by atoms with Crippen molar-refractivity contribution in [2.75, 3.05) is 19.6 Å². The van der Waals surface area contributed by atoms with E-state index in [2.05, 4.69) is 38.2 Å². The van der Waals surface area contributed by atoms with E-state index in [0.717, 1.165) is 29.8 Å². The number of nitrogens with one attached hydrogen (secondary N) is 1. The standard InChI is InChI=1S/C18H23BrN4O/c1-14(12-22-9-3-2-4-10-22)21-18(24)15-11-20-23(13-15)17-7-5-16(19)6-8-17/h5-8,11,13-14H,2-4,9-10,12H2,1H3,(H,21,24). The van der Waals surface area contributed by atoms with E-state index in [9.17, 15) is 4.79 Å². The van der Waals surface area contributed by atoms with Crippen molar-refractivity contribution in [2.24, 2.45) is 0 Å². The van der Waals surface area contributed by atoms with E-state index in [4.69, 9.17) is 0 Å². The van der Waals surface area contributed by atoms with E-state index in [1.165, 1.54) is 19.3 Å². The molecule has 1 N–H and O–H groups in total. The monoisotopic (exact) mass is 390 g/mol. The number of aromatic nitrogens is 2. The maximum Gasteiger partial charge on any atom is 0.254 e. The molecule has 2 aromatic rings. The topological polar surface area (TPSA) is 50.2 Å². The zero-order chi connectivity index (χ0) is 16.9. The Morgan fingerprint density at radius 1 is 1.25 bits per heavy atom. The Morgan fingerprint density at radius 3 is 2.67 bits per heavy atom. The van der Waals surface area contributed by atoms with E-state index >= 15 is 0 Å². The first-order chi connectivity index (χ1) is 11.6. The van der Waals surface area contributed by atoms with Crippen molar-refractivity contribution in [3.63, 3.8) is 0 Å². The number of likely N-dealkylation sites (tertiary alicyclic amines) is 1. The van der Waals surface area contributed by atoms with Crippen LogP contribution in [0.25, 0.3) is 5.69 Å². The molecule has 1 aliphatic heterocycles. The van der Waals surface area contributed by atoms with Gasteiger partial charge in [-0.3, -0.25) is 4.79 Å². The van der Waals surface area contributed by atoms with Crippen molar-refractivity contribution < 1.29 is 4.79 Å². The molecule has 5 nitrogen and oxygen atoms in total. The molecule has 1 unspecified atom stereocenters. The summed E-state index contributed by atoms with van der Waals surface area (Å²) < 4.78 is 2.74. The second kappa shape index (κ2) is 7.94. The SMILES string of the molecule is CC(CN1CCCCC1)NC(=O)c1cnn(-c2ccc(Br)cc2)c1. The number of rotatable bonds is 5. The fourth-order valence-electron chi connectivity index (χ4n) is 3.06. The van der Waals surface area contributed by atoms with Crippen LogP contribution >= 0.6 is 15.9 Å². The second-order valence-corrected chi connectivity index (χ2v) is 7.30. The number of nitrogens with zero attached hydrogens (tertiary/aromatic N) is 3. The molecule has 0 radical (unpaired) electrons. The molecule has 0 spiro atoms. The summed E-state index contributed by atoms with van der Waals surface area (Å²) in [5.74, 6) is -0.0668. The highest BCUT2D eigenvalue weighted by Crippen LogP contribution is 2.14. The smallest absolute Gasteiger partial charge is 0.254 e. The summed E-state index contributed by atoms with van der Waals surface area (Å²) in [5, 5.41) is 7.37. The van der Waals surface area contributed by atoms with E-state index in [0.29, 0.717) is 5.56 Å². The Morgan fingerprint density at radius 2 is 1.96 bits per heavy atom. The van der Waals surface area contributed by atoms with E-state index in [-0.39, 0.29) is 11.9 Å². The first kappa shape index (κ1) is 17.2. The van der Waals surface area contributed by atoms with Crippen molar-refractivity contribution in [1.82, 2.24) is 20.0 Å². The third-order valence-corrected chi connectivity index (χ3v) is 4.82. The summed E-state index contributed by atoms with van der Waals surface area (Å²) in [4.78, 5) is 14.8. The minimum atomic E-state index is -0.0668. The zero-order valence-corrected chi connectivity index (χ0v) is 15.5. The molecule has 1 amide bonds. The van der Waals surface area contributed by atoms with Crippen LogP contribution in [0.5, 0.6) is 0 Å². The van der Waals surface area contributed by atoms with E-state index in [1.54, 1.807) is 17.1 Å². The number of halogens is 1. The molecule has 1 aliphatic rings. The van der Waals surface area contributed by atoms with Crippen LogP contribution in [0.4, 0.5) is 0 Å². The molecular formula is C18H23BrN4O. The minimum absolute atomic E-state index is 0.0668. The average molecular weight is 391 g/mol. The van der Waals surface area contributed by atoms with Crippen molar-refractivity contribution in [3.05, 3.63) is 46.7 Å². The molecular weight excluding hydrogens is 368 g/mol. The minimum Gasteiger partial charge on any atom is -0.348 e. The van der Waals surface area contributed by atoms with E-state index < -0.39 is 0 Å². The second-order valence-electron chi connectivity index (χ2n) is 6.39. The van der Waals surface area contributed by atoms with Gasteiger partial charge in [0.2, 0.25) is 0 Å². The molecule has 3 rings (SSSR count). The van der Waals surface area contributed by atoms with Crippen LogP contribution in [0.15, 0.2) is 41.1 Å². The van der Waals surface area contributed by atoms with Gasteiger partial charge in [0.1, 0.15) is 0 Å². The summed E-state index contributed by atoms with van der Waals surface area (Å²) in [5.41, 5.74) is 1.52. The van der Waals surface area contributed by atoms with Gasteiger partial charge in [0.15, 0.2) is 0 Å². The third-order valence-electron chi connectivity index (χ3n) is 4.29. The first-order valence-electron chi connectivity index (χ1n) is 8.45. The lowest BCUT2D eigenvalue weighted by molar-refractivity contribution is 0.0925. The van der Waals surface area contributed by atoms with Crippen molar-refractivity contribution in [1.29, 1.82) is 0 Å². The molecule has 1 aromatic heterocycles. The van der Waals surface area contributed by atoms with Crippen LogP contribution in [0.3, 0.4) is 0 Å². The van der Waals surface area contributed by atoms with Crippen LogP contribution in [0.2, 0.25) is 0 Å². The van der Waals surface area contributed by atoms with Gasteiger partial charge in [-0.25, -0.2) is 4.68 Å². The average Bonchev–Trinajstić information content (AvgIpc) is 3.06. The number of carbonyl (C=O) groups is 1. The summed E-state index contributed by atoms with van der Waals surface area (Å²) in [6.07, 6.45) is 7.24. The van der Waals surface area contributed by atoms with Crippen molar-refractivity contribution >= 4 is 21.8 Å². The Kier molecular flexibility index (Phi) is 5.68. The highest BCUT2D eigenvalue weighted by molar-refractivity contribution is 9.10. The number of piperidine rings is 1. The van der Waals surface area contributed by atoms with Gasteiger partial charge < -0.3 is 10.2 Å². The van der Waals surface area contributed by atoms with Gasteiger partial charge in [-0.15, -0.1) is 0 Å².